The molecule has 0 N–H and O–H groups in total. The second-order valence-corrected chi connectivity index (χ2v) is 6.15. The smallest absolute Gasteiger partial charge is 0.310 e. The Bertz CT molecular complexity index is 555. The van der Waals surface area contributed by atoms with E-state index in [1.54, 1.807) is 24.0 Å². The number of hydrogen-bond donors (Lipinski definition) is 0. The van der Waals surface area contributed by atoms with E-state index in [-0.39, 0.29) is 30.0 Å². The van der Waals surface area contributed by atoms with Crippen LogP contribution in [0.3, 0.4) is 0 Å². The Kier molecular flexibility index (Phi) is 6.13. The van der Waals surface area contributed by atoms with Crippen LogP contribution in [0.15, 0.2) is 24.3 Å². The van der Waals surface area contributed by atoms with Gasteiger partial charge in [0.15, 0.2) is 0 Å². The van der Waals surface area contributed by atoms with Gasteiger partial charge in [-0.15, -0.1) is 0 Å². The van der Waals surface area contributed by atoms with E-state index in [0.29, 0.717) is 0 Å². The van der Waals surface area contributed by atoms with Crippen molar-refractivity contribution in [3.63, 3.8) is 0 Å². The second-order valence-electron chi connectivity index (χ2n) is 6.15. The summed E-state index contributed by atoms with van der Waals surface area (Å²) in [5.41, 5.74) is 0.0649. The molecule has 126 valence electrons. The van der Waals surface area contributed by atoms with Crippen LogP contribution in [0.1, 0.15) is 49.4 Å². The number of nitrogens with zero attached hydrogens (tertiary/aromatic N) is 1. The Morgan fingerprint density at radius 2 is 1.91 bits per heavy atom. The van der Waals surface area contributed by atoms with Crippen LogP contribution in [0.25, 0.3) is 0 Å². The maximum atomic E-state index is 14.0. The SMILES string of the molecule is COC(=O)C(C)CN(C(=O)c1ccccc1F)C1CCCCC1. The number of rotatable bonds is 5. The third-order valence-corrected chi connectivity index (χ3v) is 4.45. The van der Waals surface area contributed by atoms with Gasteiger partial charge < -0.3 is 9.64 Å². The molecule has 0 spiro atoms. The van der Waals surface area contributed by atoms with E-state index in [1.807, 2.05) is 0 Å². The van der Waals surface area contributed by atoms with Crippen molar-refractivity contribution in [3.8, 4) is 0 Å². The molecule has 1 aliphatic carbocycles. The standard InChI is InChI=1S/C18H24FNO3/c1-13(18(22)23-2)12-20(14-8-4-3-5-9-14)17(21)15-10-6-7-11-16(15)19/h6-7,10-11,13-14H,3-5,8-9,12H2,1-2H3. The predicted molar refractivity (Wildman–Crippen MR) is 85.5 cm³/mol. The molecule has 1 amide bonds. The Hall–Kier alpha value is -1.91. The minimum Gasteiger partial charge on any atom is -0.469 e. The molecule has 1 atom stereocenters. The summed E-state index contributed by atoms with van der Waals surface area (Å²) in [7, 11) is 1.34. The van der Waals surface area contributed by atoms with Crippen LogP contribution in [-0.2, 0) is 9.53 Å². The number of methoxy groups -OCH3 is 1. The van der Waals surface area contributed by atoms with Gasteiger partial charge in [0.1, 0.15) is 5.82 Å². The summed E-state index contributed by atoms with van der Waals surface area (Å²) in [6, 6.07) is 6.06. The summed E-state index contributed by atoms with van der Waals surface area (Å²) in [4.78, 5) is 26.2. The molecule has 5 heteroatoms. The molecule has 1 saturated carbocycles. The maximum Gasteiger partial charge on any atom is 0.310 e. The zero-order chi connectivity index (χ0) is 16.8. The number of hydrogen-bond acceptors (Lipinski definition) is 3. The first-order chi connectivity index (χ1) is 11.0. The van der Waals surface area contributed by atoms with Crippen molar-refractivity contribution in [1.82, 2.24) is 4.90 Å². The first kappa shape index (κ1) is 17.4. The van der Waals surface area contributed by atoms with Gasteiger partial charge in [-0.1, -0.05) is 38.3 Å². The molecule has 0 bridgehead atoms. The minimum absolute atomic E-state index is 0.0583. The van der Waals surface area contributed by atoms with Gasteiger partial charge >= 0.3 is 5.97 Å². The fourth-order valence-corrected chi connectivity index (χ4v) is 3.15. The monoisotopic (exact) mass is 321 g/mol. The Labute approximate surface area is 136 Å². The van der Waals surface area contributed by atoms with Gasteiger partial charge in [0.05, 0.1) is 18.6 Å². The van der Waals surface area contributed by atoms with Crippen molar-refractivity contribution in [2.24, 2.45) is 5.92 Å². The van der Waals surface area contributed by atoms with Crippen LogP contribution >= 0.6 is 0 Å². The average Bonchev–Trinajstić information content (AvgIpc) is 2.59. The van der Waals surface area contributed by atoms with E-state index in [4.69, 9.17) is 4.74 Å². The van der Waals surface area contributed by atoms with Crippen molar-refractivity contribution in [3.05, 3.63) is 35.6 Å². The highest BCUT2D eigenvalue weighted by atomic mass is 19.1. The Balaban J connectivity index is 2.23. The highest BCUT2D eigenvalue weighted by molar-refractivity contribution is 5.95. The van der Waals surface area contributed by atoms with Crippen molar-refractivity contribution < 1.29 is 18.7 Å². The maximum absolute atomic E-state index is 14.0. The lowest BCUT2D eigenvalue weighted by atomic mass is 9.93. The van der Waals surface area contributed by atoms with Crippen molar-refractivity contribution >= 4 is 11.9 Å². The molecule has 0 aliphatic heterocycles. The Morgan fingerprint density at radius 1 is 1.26 bits per heavy atom. The molecule has 1 unspecified atom stereocenters. The largest absolute Gasteiger partial charge is 0.469 e. The molecular weight excluding hydrogens is 297 g/mol. The number of esters is 1. The van der Waals surface area contributed by atoms with E-state index < -0.39 is 11.7 Å². The van der Waals surface area contributed by atoms with E-state index >= 15 is 0 Å². The fraction of sp³-hybridized carbons (Fsp3) is 0.556. The Morgan fingerprint density at radius 3 is 2.52 bits per heavy atom. The van der Waals surface area contributed by atoms with Crippen LogP contribution in [0.4, 0.5) is 4.39 Å². The quantitative estimate of drug-likeness (QED) is 0.781. The molecule has 0 saturated heterocycles. The molecule has 1 aromatic rings. The first-order valence-electron chi connectivity index (χ1n) is 8.18. The van der Waals surface area contributed by atoms with Crippen LogP contribution in [0.2, 0.25) is 0 Å². The van der Waals surface area contributed by atoms with Crippen molar-refractivity contribution in [1.29, 1.82) is 0 Å². The van der Waals surface area contributed by atoms with Crippen LogP contribution in [0, 0.1) is 11.7 Å². The molecule has 1 fully saturated rings. The number of amides is 1. The summed E-state index contributed by atoms with van der Waals surface area (Å²) in [6.45, 7) is 1.99. The predicted octanol–water partition coefficient (Wildman–Crippen LogP) is 3.41. The topological polar surface area (TPSA) is 46.6 Å². The number of halogens is 1. The molecule has 4 nitrogen and oxygen atoms in total. The molecule has 23 heavy (non-hydrogen) atoms. The molecule has 0 radical (unpaired) electrons. The minimum atomic E-state index is -0.524. The average molecular weight is 321 g/mol. The van der Waals surface area contributed by atoms with Crippen LogP contribution in [0.5, 0.6) is 0 Å². The van der Waals surface area contributed by atoms with E-state index in [9.17, 15) is 14.0 Å². The van der Waals surface area contributed by atoms with Gasteiger partial charge in [0, 0.05) is 12.6 Å². The van der Waals surface area contributed by atoms with Crippen LogP contribution < -0.4 is 0 Å². The zero-order valence-electron chi connectivity index (χ0n) is 13.8. The lowest BCUT2D eigenvalue weighted by Gasteiger charge is -2.35. The van der Waals surface area contributed by atoms with E-state index in [1.165, 1.54) is 19.2 Å². The normalized spacial score (nSPS) is 16.7. The molecular formula is C18H24FNO3. The number of carbonyl (C=O) groups is 2. The summed E-state index contributed by atoms with van der Waals surface area (Å²) in [5.74, 6) is -1.65. The number of carbonyl (C=O) groups excluding carboxylic acids is 2. The summed E-state index contributed by atoms with van der Waals surface area (Å²) in [5, 5.41) is 0. The third-order valence-electron chi connectivity index (χ3n) is 4.45. The van der Waals surface area contributed by atoms with Gasteiger partial charge in [-0.05, 0) is 25.0 Å². The van der Waals surface area contributed by atoms with E-state index in [2.05, 4.69) is 0 Å². The summed E-state index contributed by atoms with van der Waals surface area (Å²) in [6.07, 6.45) is 5.06. The van der Waals surface area contributed by atoms with Gasteiger partial charge in [0.2, 0.25) is 0 Å². The fourth-order valence-electron chi connectivity index (χ4n) is 3.15. The molecule has 2 rings (SSSR count). The van der Waals surface area contributed by atoms with Crippen LogP contribution in [-0.4, -0.2) is 36.5 Å². The third kappa shape index (κ3) is 4.30. The molecule has 1 aromatic carbocycles. The molecule has 0 heterocycles. The first-order valence-corrected chi connectivity index (χ1v) is 8.18. The van der Waals surface area contributed by atoms with Crippen molar-refractivity contribution in [2.45, 2.75) is 45.1 Å². The van der Waals surface area contributed by atoms with Gasteiger partial charge in [0.25, 0.3) is 5.91 Å². The molecule has 1 aliphatic rings. The zero-order valence-corrected chi connectivity index (χ0v) is 13.8. The number of ether oxygens (including phenoxy) is 1. The van der Waals surface area contributed by atoms with Gasteiger partial charge in [-0.25, -0.2) is 4.39 Å². The highest BCUT2D eigenvalue weighted by Crippen LogP contribution is 2.25. The second kappa shape index (κ2) is 8.09. The molecule has 0 aromatic heterocycles. The summed E-state index contributed by atoms with van der Waals surface area (Å²) < 4.78 is 18.7. The summed E-state index contributed by atoms with van der Waals surface area (Å²) >= 11 is 0. The lowest BCUT2D eigenvalue weighted by molar-refractivity contribution is -0.145. The van der Waals surface area contributed by atoms with Gasteiger partial charge in [-0.2, -0.15) is 0 Å². The highest BCUT2D eigenvalue weighted by Gasteiger charge is 2.30. The lowest BCUT2D eigenvalue weighted by Crippen LogP contribution is -2.45. The number of benzene rings is 1. The van der Waals surface area contributed by atoms with E-state index in [0.717, 1.165) is 32.1 Å². The van der Waals surface area contributed by atoms with Crippen molar-refractivity contribution in [2.75, 3.05) is 13.7 Å². The van der Waals surface area contributed by atoms with Gasteiger partial charge in [-0.3, -0.25) is 9.59 Å².